The standard InChI is InChI=1S/C9H9BrFNO2/c1-2-14-9(13)12-8-4-3-6(11)5-7(8)10/h3-5H,2H2,1H3,(H,12,13). The van der Waals surface area contributed by atoms with Gasteiger partial charge in [0.1, 0.15) is 5.82 Å². The maximum Gasteiger partial charge on any atom is 0.411 e. The summed E-state index contributed by atoms with van der Waals surface area (Å²) in [6, 6.07) is 3.98. The third-order valence-electron chi connectivity index (χ3n) is 1.44. The van der Waals surface area contributed by atoms with Crippen LogP contribution in [0.3, 0.4) is 0 Å². The molecule has 1 amide bonds. The van der Waals surface area contributed by atoms with Gasteiger partial charge in [0.15, 0.2) is 0 Å². The van der Waals surface area contributed by atoms with Gasteiger partial charge in [0.05, 0.1) is 12.3 Å². The number of anilines is 1. The second-order valence-corrected chi connectivity index (χ2v) is 3.32. The highest BCUT2D eigenvalue weighted by Crippen LogP contribution is 2.22. The maximum absolute atomic E-state index is 12.7. The smallest absolute Gasteiger partial charge is 0.411 e. The van der Waals surface area contributed by atoms with E-state index < -0.39 is 6.09 Å². The molecule has 0 fully saturated rings. The minimum atomic E-state index is -0.556. The first kappa shape index (κ1) is 11.0. The van der Waals surface area contributed by atoms with Crippen LogP contribution in [-0.2, 0) is 4.74 Å². The summed E-state index contributed by atoms with van der Waals surface area (Å²) in [6.45, 7) is 2.00. The zero-order chi connectivity index (χ0) is 10.6. The van der Waals surface area contributed by atoms with E-state index in [2.05, 4.69) is 26.0 Å². The number of ether oxygens (including phenoxy) is 1. The summed E-state index contributed by atoms with van der Waals surface area (Å²) in [4.78, 5) is 11.0. The summed E-state index contributed by atoms with van der Waals surface area (Å²) in [6.07, 6.45) is -0.556. The van der Waals surface area contributed by atoms with Gasteiger partial charge >= 0.3 is 6.09 Å². The molecule has 0 bridgehead atoms. The van der Waals surface area contributed by atoms with Crippen molar-refractivity contribution in [2.45, 2.75) is 6.92 Å². The SMILES string of the molecule is CCOC(=O)Nc1ccc(F)cc1Br. The molecule has 0 spiro atoms. The summed E-state index contributed by atoms with van der Waals surface area (Å²) in [5.74, 6) is -0.369. The van der Waals surface area contributed by atoms with Gasteiger partial charge in [-0.05, 0) is 41.1 Å². The van der Waals surface area contributed by atoms with Crippen molar-refractivity contribution in [2.24, 2.45) is 0 Å². The van der Waals surface area contributed by atoms with Crippen LogP contribution in [-0.4, -0.2) is 12.7 Å². The first-order chi connectivity index (χ1) is 6.63. The molecule has 0 aliphatic rings. The van der Waals surface area contributed by atoms with Gasteiger partial charge < -0.3 is 4.74 Å². The van der Waals surface area contributed by atoms with E-state index in [0.29, 0.717) is 16.8 Å². The van der Waals surface area contributed by atoms with Gasteiger partial charge in [-0.15, -0.1) is 0 Å². The topological polar surface area (TPSA) is 38.3 Å². The fourth-order valence-corrected chi connectivity index (χ4v) is 1.32. The van der Waals surface area contributed by atoms with Gasteiger partial charge in [-0.25, -0.2) is 9.18 Å². The van der Waals surface area contributed by atoms with E-state index in [-0.39, 0.29) is 5.82 Å². The van der Waals surface area contributed by atoms with Crippen LogP contribution in [0.15, 0.2) is 22.7 Å². The van der Waals surface area contributed by atoms with Gasteiger partial charge in [0, 0.05) is 4.47 Å². The highest BCUT2D eigenvalue weighted by molar-refractivity contribution is 9.10. The Morgan fingerprint density at radius 3 is 2.93 bits per heavy atom. The van der Waals surface area contributed by atoms with Crippen molar-refractivity contribution >= 4 is 27.7 Å². The monoisotopic (exact) mass is 261 g/mol. The normalized spacial score (nSPS) is 9.64. The van der Waals surface area contributed by atoms with Crippen molar-refractivity contribution in [1.82, 2.24) is 0 Å². The van der Waals surface area contributed by atoms with E-state index in [1.54, 1.807) is 6.92 Å². The van der Waals surface area contributed by atoms with Crippen LogP contribution < -0.4 is 5.32 Å². The predicted octanol–water partition coefficient (Wildman–Crippen LogP) is 3.16. The highest BCUT2D eigenvalue weighted by atomic mass is 79.9. The quantitative estimate of drug-likeness (QED) is 0.888. The van der Waals surface area contributed by atoms with Crippen molar-refractivity contribution in [3.8, 4) is 0 Å². The Morgan fingerprint density at radius 2 is 2.36 bits per heavy atom. The van der Waals surface area contributed by atoms with Gasteiger partial charge in [0.25, 0.3) is 0 Å². The zero-order valence-corrected chi connectivity index (χ0v) is 9.10. The third-order valence-corrected chi connectivity index (χ3v) is 2.10. The van der Waals surface area contributed by atoms with E-state index >= 15 is 0 Å². The van der Waals surface area contributed by atoms with E-state index in [0.717, 1.165) is 0 Å². The molecule has 1 aromatic carbocycles. The third kappa shape index (κ3) is 2.99. The molecule has 0 aromatic heterocycles. The van der Waals surface area contributed by atoms with Crippen LogP contribution in [0.4, 0.5) is 14.9 Å². The van der Waals surface area contributed by atoms with E-state index in [4.69, 9.17) is 0 Å². The highest BCUT2D eigenvalue weighted by Gasteiger charge is 2.05. The average molecular weight is 262 g/mol. The van der Waals surface area contributed by atoms with Gasteiger partial charge in [-0.2, -0.15) is 0 Å². The van der Waals surface area contributed by atoms with E-state index in [9.17, 15) is 9.18 Å². The van der Waals surface area contributed by atoms with Gasteiger partial charge in [-0.1, -0.05) is 0 Å². The van der Waals surface area contributed by atoms with Crippen LogP contribution in [0.2, 0.25) is 0 Å². The van der Waals surface area contributed by atoms with E-state index in [1.807, 2.05) is 0 Å². The van der Waals surface area contributed by atoms with Crippen LogP contribution in [0.5, 0.6) is 0 Å². The van der Waals surface area contributed by atoms with Crippen molar-refractivity contribution in [1.29, 1.82) is 0 Å². The molecule has 76 valence electrons. The summed E-state index contributed by atoms with van der Waals surface area (Å²) in [7, 11) is 0. The molecule has 0 aliphatic carbocycles. The Kier molecular flexibility index (Phi) is 3.88. The van der Waals surface area contributed by atoms with Gasteiger partial charge in [-0.3, -0.25) is 5.32 Å². The van der Waals surface area contributed by atoms with Crippen LogP contribution in [0.25, 0.3) is 0 Å². The van der Waals surface area contributed by atoms with E-state index in [1.165, 1.54) is 18.2 Å². The Balaban J connectivity index is 2.72. The minimum Gasteiger partial charge on any atom is -0.450 e. The lowest BCUT2D eigenvalue weighted by Crippen LogP contribution is -2.13. The molecule has 0 heterocycles. The molecule has 0 saturated heterocycles. The second-order valence-electron chi connectivity index (χ2n) is 2.47. The molecule has 5 heteroatoms. The number of hydrogen-bond acceptors (Lipinski definition) is 2. The Hall–Kier alpha value is -1.10. The first-order valence-electron chi connectivity index (χ1n) is 4.02. The molecule has 0 radical (unpaired) electrons. The van der Waals surface area contributed by atoms with Crippen molar-refractivity contribution in [2.75, 3.05) is 11.9 Å². The Morgan fingerprint density at radius 1 is 1.64 bits per heavy atom. The first-order valence-corrected chi connectivity index (χ1v) is 4.81. The zero-order valence-electron chi connectivity index (χ0n) is 7.51. The number of rotatable bonds is 2. The number of amides is 1. The fraction of sp³-hybridized carbons (Fsp3) is 0.222. The lowest BCUT2D eigenvalue weighted by Gasteiger charge is -2.06. The lowest BCUT2D eigenvalue weighted by atomic mass is 10.3. The largest absolute Gasteiger partial charge is 0.450 e. The maximum atomic E-state index is 12.7. The van der Waals surface area contributed by atoms with Crippen LogP contribution >= 0.6 is 15.9 Å². The molecule has 1 aromatic rings. The number of benzene rings is 1. The van der Waals surface area contributed by atoms with Crippen LogP contribution in [0.1, 0.15) is 6.92 Å². The summed E-state index contributed by atoms with van der Waals surface area (Å²) in [5, 5.41) is 2.46. The predicted molar refractivity (Wildman–Crippen MR) is 54.7 cm³/mol. The van der Waals surface area contributed by atoms with Crippen LogP contribution in [0, 0.1) is 5.82 Å². The molecule has 0 unspecified atom stereocenters. The minimum absolute atomic E-state index is 0.296. The number of hydrogen-bond donors (Lipinski definition) is 1. The average Bonchev–Trinajstić information content (AvgIpc) is 2.10. The molecule has 1 N–H and O–H groups in total. The molecule has 0 aliphatic heterocycles. The molecular formula is C9H9BrFNO2. The number of halogens is 2. The summed E-state index contributed by atoms with van der Waals surface area (Å²) in [5.41, 5.74) is 0.477. The molecule has 3 nitrogen and oxygen atoms in total. The fourth-order valence-electron chi connectivity index (χ4n) is 0.868. The molecule has 1 rings (SSSR count). The van der Waals surface area contributed by atoms with Crippen molar-refractivity contribution < 1.29 is 13.9 Å². The summed E-state index contributed by atoms with van der Waals surface area (Å²) < 4.78 is 17.8. The van der Waals surface area contributed by atoms with Crippen molar-refractivity contribution in [3.63, 3.8) is 0 Å². The molecule has 14 heavy (non-hydrogen) atoms. The summed E-state index contributed by atoms with van der Waals surface area (Å²) >= 11 is 3.12. The number of carbonyl (C=O) groups is 1. The number of nitrogens with one attached hydrogen (secondary N) is 1. The Labute approximate surface area is 89.4 Å². The Bertz CT molecular complexity index is 344. The molecule has 0 atom stereocenters. The number of carbonyl (C=O) groups excluding carboxylic acids is 1. The lowest BCUT2D eigenvalue weighted by molar-refractivity contribution is 0.168. The molecule has 0 saturated carbocycles. The van der Waals surface area contributed by atoms with Gasteiger partial charge in [0.2, 0.25) is 0 Å². The molecular weight excluding hydrogens is 253 g/mol. The second kappa shape index (κ2) is 4.95. The van der Waals surface area contributed by atoms with Crippen molar-refractivity contribution in [3.05, 3.63) is 28.5 Å².